The maximum atomic E-state index is 12.5. The molecule has 414 valence electrons. The van der Waals surface area contributed by atoms with Gasteiger partial charge in [0.2, 0.25) is 5.91 Å². The molecular weight excluding hydrogens is 875 g/mol. The number of carbonyl (C=O) groups is 2. The minimum absolute atomic E-state index is 0.00611. The monoisotopic (exact) mass is 994 g/mol. The van der Waals surface area contributed by atoms with Crippen LogP contribution in [0.4, 0.5) is 0 Å². The Hall–Kier alpha value is -2.44. The van der Waals surface area contributed by atoms with Crippen LogP contribution >= 0.6 is 0 Å². The number of aliphatic hydroxyl groups excluding tert-OH is 2. The van der Waals surface area contributed by atoms with Crippen LogP contribution in [0.5, 0.6) is 0 Å². The fourth-order valence-electron chi connectivity index (χ4n) is 9.22. The predicted octanol–water partition coefficient (Wildman–Crippen LogP) is 19.5. The van der Waals surface area contributed by atoms with Crippen molar-refractivity contribution in [3.8, 4) is 0 Å². The smallest absolute Gasteiger partial charge is 0.305 e. The van der Waals surface area contributed by atoms with E-state index < -0.39 is 12.1 Å². The maximum Gasteiger partial charge on any atom is 0.305 e. The first-order valence-corrected chi connectivity index (χ1v) is 31.1. The molecule has 0 aromatic rings. The van der Waals surface area contributed by atoms with Crippen LogP contribution in [0.15, 0.2) is 60.8 Å². The van der Waals surface area contributed by atoms with Crippen molar-refractivity contribution in [2.75, 3.05) is 13.2 Å². The van der Waals surface area contributed by atoms with Crippen molar-refractivity contribution in [2.45, 2.75) is 328 Å². The normalized spacial score (nSPS) is 13.0. The molecule has 1 amide bonds. The number of rotatable bonds is 57. The summed E-state index contributed by atoms with van der Waals surface area (Å²) in [6.45, 7) is 4.86. The van der Waals surface area contributed by atoms with E-state index in [2.05, 4.69) is 67.8 Å². The van der Waals surface area contributed by atoms with Crippen LogP contribution < -0.4 is 5.32 Å². The predicted molar refractivity (Wildman–Crippen MR) is 310 cm³/mol. The number of unbranched alkanes of at least 4 members (excludes halogenated alkanes) is 38. The van der Waals surface area contributed by atoms with Gasteiger partial charge in [-0.25, -0.2) is 0 Å². The molecule has 0 fully saturated rings. The van der Waals surface area contributed by atoms with Crippen molar-refractivity contribution < 1.29 is 24.5 Å². The fraction of sp³-hybridized carbons (Fsp3) is 0.815. The first-order valence-electron chi connectivity index (χ1n) is 31.1. The number of aliphatic hydroxyl groups is 2. The Morgan fingerprint density at radius 1 is 0.394 bits per heavy atom. The van der Waals surface area contributed by atoms with Crippen molar-refractivity contribution >= 4 is 11.9 Å². The van der Waals surface area contributed by atoms with Gasteiger partial charge in [-0.05, 0) is 96.3 Å². The van der Waals surface area contributed by atoms with Gasteiger partial charge in [0.15, 0.2) is 0 Å². The van der Waals surface area contributed by atoms with E-state index >= 15 is 0 Å². The lowest BCUT2D eigenvalue weighted by molar-refractivity contribution is -0.143. The van der Waals surface area contributed by atoms with Gasteiger partial charge in [-0.15, -0.1) is 0 Å². The summed E-state index contributed by atoms with van der Waals surface area (Å²) in [5.74, 6) is -0.0807. The SMILES string of the molecule is CCCCC/C=C\C/C=C\CCCCCCCC(=O)OCCCCCCCCCCC/C=C\C/C=C\CCCCCCCCCCCC(=O)NC(CO)C(O)/C=C/CCCCCCCCCCCCCC. The number of allylic oxidation sites excluding steroid dienone is 9. The minimum Gasteiger partial charge on any atom is -0.466 e. The van der Waals surface area contributed by atoms with Gasteiger partial charge in [0.05, 0.1) is 25.4 Å². The Morgan fingerprint density at radius 2 is 0.704 bits per heavy atom. The molecule has 0 saturated heterocycles. The summed E-state index contributed by atoms with van der Waals surface area (Å²) < 4.78 is 5.47. The third kappa shape index (κ3) is 56.7. The summed E-state index contributed by atoms with van der Waals surface area (Å²) >= 11 is 0. The van der Waals surface area contributed by atoms with Crippen molar-refractivity contribution in [1.82, 2.24) is 5.32 Å². The molecule has 2 atom stereocenters. The van der Waals surface area contributed by atoms with E-state index in [9.17, 15) is 19.8 Å². The van der Waals surface area contributed by atoms with E-state index in [0.717, 1.165) is 57.8 Å². The van der Waals surface area contributed by atoms with Gasteiger partial charge >= 0.3 is 5.97 Å². The number of amides is 1. The Balaban J connectivity index is 3.46. The van der Waals surface area contributed by atoms with Crippen LogP contribution in [0, 0.1) is 0 Å². The molecule has 0 saturated carbocycles. The highest BCUT2D eigenvalue weighted by atomic mass is 16.5. The van der Waals surface area contributed by atoms with E-state index in [1.807, 2.05) is 6.08 Å². The van der Waals surface area contributed by atoms with Gasteiger partial charge in [0, 0.05) is 12.8 Å². The summed E-state index contributed by atoms with van der Waals surface area (Å²) in [5, 5.41) is 23.1. The second-order valence-corrected chi connectivity index (χ2v) is 21.0. The quantitative estimate of drug-likeness (QED) is 0.0321. The molecule has 0 heterocycles. The Labute approximate surface area is 441 Å². The number of carbonyl (C=O) groups excluding carboxylic acids is 2. The van der Waals surface area contributed by atoms with Crippen LogP contribution in [-0.4, -0.2) is 47.4 Å². The molecule has 6 nitrogen and oxygen atoms in total. The number of ether oxygens (including phenoxy) is 1. The molecule has 0 radical (unpaired) electrons. The van der Waals surface area contributed by atoms with Crippen LogP contribution in [0.3, 0.4) is 0 Å². The van der Waals surface area contributed by atoms with E-state index in [4.69, 9.17) is 4.74 Å². The molecule has 0 rings (SSSR count). The van der Waals surface area contributed by atoms with E-state index in [-0.39, 0.29) is 18.5 Å². The number of esters is 1. The molecule has 6 heteroatoms. The Bertz CT molecular complexity index is 1240. The topological polar surface area (TPSA) is 95.9 Å². The molecule has 71 heavy (non-hydrogen) atoms. The van der Waals surface area contributed by atoms with E-state index in [0.29, 0.717) is 19.4 Å². The highest BCUT2D eigenvalue weighted by Crippen LogP contribution is 2.16. The molecule has 0 aliphatic rings. The molecule has 0 aromatic carbocycles. The first-order chi connectivity index (χ1) is 35.0. The lowest BCUT2D eigenvalue weighted by Gasteiger charge is -2.20. The summed E-state index contributed by atoms with van der Waals surface area (Å²) in [5.41, 5.74) is 0. The van der Waals surface area contributed by atoms with Gasteiger partial charge in [0.25, 0.3) is 0 Å². The van der Waals surface area contributed by atoms with Crippen molar-refractivity contribution in [3.05, 3.63) is 60.8 Å². The average Bonchev–Trinajstić information content (AvgIpc) is 3.37. The molecule has 0 aliphatic carbocycles. The zero-order valence-electron chi connectivity index (χ0n) is 47.2. The zero-order chi connectivity index (χ0) is 51.4. The molecule has 3 N–H and O–H groups in total. The van der Waals surface area contributed by atoms with Gasteiger partial charge in [-0.3, -0.25) is 9.59 Å². The number of hydrogen-bond donors (Lipinski definition) is 3. The van der Waals surface area contributed by atoms with Gasteiger partial charge in [-0.1, -0.05) is 267 Å². The summed E-state index contributed by atoms with van der Waals surface area (Å²) in [7, 11) is 0. The van der Waals surface area contributed by atoms with Crippen molar-refractivity contribution in [2.24, 2.45) is 0 Å². The summed E-state index contributed by atoms with van der Waals surface area (Å²) in [4.78, 5) is 24.5. The minimum atomic E-state index is -0.849. The molecule has 0 spiro atoms. The lowest BCUT2D eigenvalue weighted by atomic mass is 10.0. The van der Waals surface area contributed by atoms with Gasteiger partial charge < -0.3 is 20.3 Å². The maximum absolute atomic E-state index is 12.5. The van der Waals surface area contributed by atoms with Crippen LogP contribution in [0.1, 0.15) is 316 Å². The van der Waals surface area contributed by atoms with E-state index in [1.165, 1.54) is 231 Å². The van der Waals surface area contributed by atoms with Crippen molar-refractivity contribution in [1.29, 1.82) is 0 Å². The number of nitrogens with one attached hydrogen (secondary N) is 1. The molecule has 2 unspecified atom stereocenters. The third-order valence-electron chi connectivity index (χ3n) is 14.0. The standard InChI is InChI=1S/C65H119NO5/c1-3-5-7-9-11-13-15-17-30-35-39-43-47-51-55-59-65(70)71-60-56-52-48-44-40-36-32-29-27-25-23-21-19-20-22-24-26-28-31-34-38-42-46-50-54-58-64(69)66-62(61-67)63(68)57-53-49-45-41-37-33-18-16-14-12-10-8-6-4-2/h11,13,17,20-23,30,53,57,62-63,67-68H,3-10,12,14-16,18-19,24-29,31-52,54-56,58-61H2,1-2H3,(H,66,69)/b13-11-,22-20-,23-21-,30-17-,57-53+. The molecular formula is C65H119NO5. The van der Waals surface area contributed by atoms with Crippen molar-refractivity contribution in [3.63, 3.8) is 0 Å². The third-order valence-corrected chi connectivity index (χ3v) is 14.0. The van der Waals surface area contributed by atoms with Gasteiger partial charge in [-0.2, -0.15) is 0 Å². The molecule has 0 aromatic heterocycles. The largest absolute Gasteiger partial charge is 0.466 e. The second kappa shape index (κ2) is 60.1. The molecule has 0 bridgehead atoms. The summed E-state index contributed by atoms with van der Waals surface area (Å²) in [6, 6.07) is -0.633. The molecule has 0 aliphatic heterocycles. The lowest BCUT2D eigenvalue weighted by Crippen LogP contribution is -2.45. The highest BCUT2D eigenvalue weighted by molar-refractivity contribution is 5.76. The number of hydrogen-bond acceptors (Lipinski definition) is 5. The Morgan fingerprint density at radius 3 is 1.10 bits per heavy atom. The average molecular weight is 995 g/mol. The highest BCUT2D eigenvalue weighted by Gasteiger charge is 2.18. The van der Waals surface area contributed by atoms with Gasteiger partial charge in [0.1, 0.15) is 0 Å². The van der Waals surface area contributed by atoms with Crippen LogP contribution in [0.25, 0.3) is 0 Å². The Kier molecular flexibility index (Phi) is 58.1. The van der Waals surface area contributed by atoms with Crippen LogP contribution in [0.2, 0.25) is 0 Å². The second-order valence-electron chi connectivity index (χ2n) is 21.0. The van der Waals surface area contributed by atoms with E-state index in [1.54, 1.807) is 6.08 Å². The summed E-state index contributed by atoms with van der Waals surface area (Å²) in [6.07, 6.45) is 78.3. The van der Waals surface area contributed by atoms with Crippen LogP contribution in [-0.2, 0) is 14.3 Å². The first kappa shape index (κ1) is 68.6. The zero-order valence-corrected chi connectivity index (χ0v) is 47.2. The fourth-order valence-corrected chi connectivity index (χ4v) is 9.22.